The molecule has 0 N–H and O–H groups in total. The van der Waals surface area contributed by atoms with Gasteiger partial charge in [0.05, 0.1) is 12.7 Å². The van der Waals surface area contributed by atoms with Crippen molar-refractivity contribution in [3.05, 3.63) is 65.0 Å². The van der Waals surface area contributed by atoms with Gasteiger partial charge in [-0.1, -0.05) is 75.2 Å². The van der Waals surface area contributed by atoms with Gasteiger partial charge in [-0.15, -0.1) is 0 Å². The molecule has 150 valence electrons. The minimum atomic E-state index is -0.0537. The van der Waals surface area contributed by atoms with Gasteiger partial charge in [0.25, 0.3) is 0 Å². The fraction of sp³-hybridized carbons (Fsp3) is 0.462. The van der Waals surface area contributed by atoms with Crippen molar-refractivity contribution < 1.29 is 9.13 Å². The molecular formula is C26H33FO. The average molecular weight is 381 g/mol. The van der Waals surface area contributed by atoms with Crippen molar-refractivity contribution in [2.45, 2.75) is 65.4 Å². The van der Waals surface area contributed by atoms with Gasteiger partial charge in [-0.25, -0.2) is 4.39 Å². The summed E-state index contributed by atoms with van der Waals surface area (Å²) in [6.45, 7) is 7.01. The molecule has 1 saturated heterocycles. The van der Waals surface area contributed by atoms with Crippen molar-refractivity contribution in [1.29, 1.82) is 0 Å². The van der Waals surface area contributed by atoms with E-state index in [1.807, 2.05) is 13.0 Å². The molecule has 28 heavy (non-hydrogen) atoms. The molecule has 2 aromatic carbocycles. The predicted octanol–water partition coefficient (Wildman–Crippen LogP) is 7.36. The maximum Gasteiger partial charge on any atom is 0.129 e. The number of benzene rings is 2. The summed E-state index contributed by atoms with van der Waals surface area (Å²) < 4.78 is 20.6. The van der Waals surface area contributed by atoms with E-state index in [0.717, 1.165) is 41.7 Å². The minimum absolute atomic E-state index is 0.0537. The number of halogens is 1. The standard InChI is InChI=1S/C26H33FO/c1-4-6-23-15-17-25(19(3)26(23)27)22-13-10-20(11-14-22)8-9-21-12-16-24(7-5-2)28-18-21/h8-11,13-15,17,21,24H,4-7,12,16,18H2,1-3H3/b9-8+. The summed E-state index contributed by atoms with van der Waals surface area (Å²) >= 11 is 0. The highest BCUT2D eigenvalue weighted by atomic mass is 19.1. The third-order valence-corrected chi connectivity index (χ3v) is 5.78. The first kappa shape index (κ1) is 20.8. The van der Waals surface area contributed by atoms with Gasteiger partial charge in [0.1, 0.15) is 5.82 Å². The highest BCUT2D eigenvalue weighted by Gasteiger charge is 2.19. The fourth-order valence-corrected chi connectivity index (χ4v) is 4.07. The third kappa shape index (κ3) is 5.11. The summed E-state index contributed by atoms with van der Waals surface area (Å²) in [6.07, 6.45) is 11.4. The maximum absolute atomic E-state index is 14.6. The van der Waals surface area contributed by atoms with Crippen LogP contribution in [-0.2, 0) is 11.2 Å². The SMILES string of the molecule is CCCc1ccc(-c2ccc(/C=C/C3CCC(CCC)OC3)cc2)c(C)c1F. The van der Waals surface area contributed by atoms with E-state index in [1.54, 1.807) is 0 Å². The van der Waals surface area contributed by atoms with Crippen LogP contribution in [0.15, 0.2) is 42.5 Å². The van der Waals surface area contributed by atoms with Crippen LogP contribution in [0.25, 0.3) is 17.2 Å². The molecule has 0 aliphatic carbocycles. The summed E-state index contributed by atoms with van der Waals surface area (Å²) in [6, 6.07) is 12.4. The molecule has 1 aliphatic heterocycles. The lowest BCUT2D eigenvalue weighted by atomic mass is 9.94. The quantitative estimate of drug-likeness (QED) is 0.487. The van der Waals surface area contributed by atoms with Gasteiger partial charge in [-0.2, -0.15) is 0 Å². The van der Waals surface area contributed by atoms with Crippen LogP contribution in [0.3, 0.4) is 0 Å². The molecular weight excluding hydrogens is 347 g/mol. The zero-order chi connectivity index (χ0) is 19.9. The molecule has 3 rings (SSSR count). The summed E-state index contributed by atoms with van der Waals surface area (Å²) in [5.41, 5.74) is 4.80. The molecule has 0 saturated carbocycles. The van der Waals surface area contributed by atoms with Gasteiger partial charge in [0, 0.05) is 5.92 Å². The van der Waals surface area contributed by atoms with Crippen molar-refractivity contribution in [1.82, 2.24) is 0 Å². The van der Waals surface area contributed by atoms with Gasteiger partial charge in [-0.3, -0.25) is 0 Å². The van der Waals surface area contributed by atoms with E-state index in [-0.39, 0.29) is 5.82 Å². The Morgan fingerprint density at radius 2 is 1.82 bits per heavy atom. The van der Waals surface area contributed by atoms with Crippen LogP contribution in [0.2, 0.25) is 0 Å². The smallest absolute Gasteiger partial charge is 0.129 e. The van der Waals surface area contributed by atoms with Crippen LogP contribution >= 0.6 is 0 Å². The first-order chi connectivity index (χ1) is 13.6. The number of aryl methyl sites for hydroxylation is 1. The zero-order valence-electron chi connectivity index (χ0n) is 17.5. The highest BCUT2D eigenvalue weighted by molar-refractivity contribution is 5.69. The molecule has 0 amide bonds. The molecule has 2 aromatic rings. The molecule has 0 bridgehead atoms. The predicted molar refractivity (Wildman–Crippen MR) is 117 cm³/mol. The van der Waals surface area contributed by atoms with Crippen molar-refractivity contribution in [2.24, 2.45) is 5.92 Å². The Morgan fingerprint density at radius 3 is 2.46 bits per heavy atom. The molecule has 0 spiro atoms. The minimum Gasteiger partial charge on any atom is -0.378 e. The van der Waals surface area contributed by atoms with Crippen molar-refractivity contribution in [3.63, 3.8) is 0 Å². The topological polar surface area (TPSA) is 9.23 Å². The lowest BCUT2D eigenvalue weighted by molar-refractivity contribution is -0.00823. The van der Waals surface area contributed by atoms with E-state index in [4.69, 9.17) is 4.74 Å². The van der Waals surface area contributed by atoms with E-state index in [2.05, 4.69) is 56.3 Å². The first-order valence-electron chi connectivity index (χ1n) is 10.8. The van der Waals surface area contributed by atoms with E-state index in [0.29, 0.717) is 12.0 Å². The second-order valence-electron chi connectivity index (χ2n) is 8.02. The van der Waals surface area contributed by atoms with Gasteiger partial charge in [-0.05, 0) is 60.4 Å². The fourth-order valence-electron chi connectivity index (χ4n) is 4.07. The maximum atomic E-state index is 14.6. The highest BCUT2D eigenvalue weighted by Crippen LogP contribution is 2.28. The lowest BCUT2D eigenvalue weighted by Crippen LogP contribution is -2.24. The Labute approximate surface area is 169 Å². The van der Waals surface area contributed by atoms with Crippen molar-refractivity contribution >= 4 is 6.08 Å². The number of rotatable bonds is 7. The number of hydrogen-bond donors (Lipinski definition) is 0. The Kier molecular flexibility index (Phi) is 7.44. The van der Waals surface area contributed by atoms with Crippen molar-refractivity contribution in [3.8, 4) is 11.1 Å². The van der Waals surface area contributed by atoms with Crippen molar-refractivity contribution in [2.75, 3.05) is 6.61 Å². The summed E-state index contributed by atoms with van der Waals surface area (Å²) in [7, 11) is 0. The second-order valence-corrected chi connectivity index (χ2v) is 8.02. The Bertz CT molecular complexity index is 783. The zero-order valence-corrected chi connectivity index (χ0v) is 17.5. The third-order valence-electron chi connectivity index (χ3n) is 5.78. The Hall–Kier alpha value is -1.93. The van der Waals surface area contributed by atoms with Gasteiger partial charge in [0.15, 0.2) is 0 Å². The van der Waals surface area contributed by atoms with Gasteiger partial charge in [0.2, 0.25) is 0 Å². The van der Waals surface area contributed by atoms with E-state index < -0.39 is 0 Å². The first-order valence-corrected chi connectivity index (χ1v) is 10.8. The molecule has 1 fully saturated rings. The molecule has 1 aliphatic rings. The van der Waals surface area contributed by atoms with Crippen LogP contribution in [0, 0.1) is 18.7 Å². The molecule has 0 radical (unpaired) electrons. The molecule has 2 unspecified atom stereocenters. The molecule has 2 heteroatoms. The van der Waals surface area contributed by atoms with Crippen LogP contribution < -0.4 is 0 Å². The Balaban J connectivity index is 1.65. The molecule has 2 atom stereocenters. The Morgan fingerprint density at radius 1 is 1.04 bits per heavy atom. The lowest BCUT2D eigenvalue weighted by Gasteiger charge is -2.27. The average Bonchev–Trinajstić information content (AvgIpc) is 2.72. The summed E-state index contributed by atoms with van der Waals surface area (Å²) in [5.74, 6) is 0.456. The van der Waals surface area contributed by atoms with E-state index >= 15 is 0 Å². The van der Waals surface area contributed by atoms with Crippen LogP contribution in [-0.4, -0.2) is 12.7 Å². The van der Waals surface area contributed by atoms with Gasteiger partial charge < -0.3 is 4.74 Å². The summed E-state index contributed by atoms with van der Waals surface area (Å²) in [4.78, 5) is 0. The number of hydrogen-bond acceptors (Lipinski definition) is 1. The largest absolute Gasteiger partial charge is 0.378 e. The van der Waals surface area contributed by atoms with E-state index in [1.165, 1.54) is 31.2 Å². The second kappa shape index (κ2) is 10.0. The van der Waals surface area contributed by atoms with Crippen LogP contribution in [0.5, 0.6) is 0 Å². The molecule has 1 heterocycles. The normalized spacial score (nSPS) is 20.0. The van der Waals surface area contributed by atoms with Crippen LogP contribution in [0.4, 0.5) is 4.39 Å². The number of ether oxygens (including phenoxy) is 1. The molecule has 0 aromatic heterocycles. The monoisotopic (exact) mass is 380 g/mol. The molecule has 1 nitrogen and oxygen atoms in total. The van der Waals surface area contributed by atoms with Gasteiger partial charge >= 0.3 is 0 Å². The van der Waals surface area contributed by atoms with E-state index in [9.17, 15) is 4.39 Å². The van der Waals surface area contributed by atoms with Crippen LogP contribution in [0.1, 0.15) is 62.6 Å². The summed E-state index contributed by atoms with van der Waals surface area (Å²) in [5, 5.41) is 0.